The van der Waals surface area contributed by atoms with E-state index in [1.807, 2.05) is 30.4 Å². The maximum absolute atomic E-state index is 13.5. The van der Waals surface area contributed by atoms with Crippen molar-refractivity contribution in [3.63, 3.8) is 0 Å². The van der Waals surface area contributed by atoms with Crippen LogP contribution in [0.2, 0.25) is 0 Å². The Bertz CT molecular complexity index is 1750. The molecule has 1 aliphatic heterocycles. The fraction of sp³-hybridized carbons (Fsp3) is 0.359. The van der Waals surface area contributed by atoms with Crippen LogP contribution >= 0.6 is 11.6 Å². The summed E-state index contributed by atoms with van der Waals surface area (Å²) in [6.45, 7) is 6.28. The average Bonchev–Trinajstić information content (AvgIpc) is 3.28. The second-order valence-corrected chi connectivity index (χ2v) is 15.0. The Kier molecular flexibility index (Phi) is 18.3. The molecule has 0 saturated carbocycles. The van der Waals surface area contributed by atoms with Crippen molar-refractivity contribution in [2.75, 3.05) is 20.3 Å². The Balaban J connectivity index is 1.58. The summed E-state index contributed by atoms with van der Waals surface area (Å²) in [5.74, 6) is 1.73. The number of ether oxygens (including phenoxy) is 2. The number of unbranched alkanes of at least 4 members (excludes halogenated alkanes) is 3. The van der Waals surface area contributed by atoms with Crippen LogP contribution in [0, 0.1) is 12.3 Å². The van der Waals surface area contributed by atoms with Crippen LogP contribution in [-0.4, -0.2) is 57.8 Å². The second kappa shape index (κ2) is 22.6. The van der Waals surface area contributed by atoms with Gasteiger partial charge in [-0.1, -0.05) is 79.5 Å². The van der Waals surface area contributed by atoms with Crippen molar-refractivity contribution in [2.24, 2.45) is 0 Å². The molecule has 278 valence electrons. The number of methoxy groups -OCH3 is 1. The fourth-order valence-electron chi connectivity index (χ4n) is 5.34. The largest absolute Gasteiger partial charge is 0.493 e. The van der Waals surface area contributed by atoms with Crippen molar-refractivity contribution in [3.05, 3.63) is 99.5 Å². The van der Waals surface area contributed by atoms with Crippen LogP contribution in [0.5, 0.6) is 5.75 Å². The first kappa shape index (κ1) is 42.1. The van der Waals surface area contributed by atoms with Gasteiger partial charge in [0.1, 0.15) is 39.3 Å². The van der Waals surface area contributed by atoms with Gasteiger partial charge in [0.25, 0.3) is 0 Å². The summed E-state index contributed by atoms with van der Waals surface area (Å²) in [6.07, 6.45) is 27.2. The predicted octanol–water partition coefficient (Wildman–Crippen LogP) is 6.24. The lowest BCUT2D eigenvalue weighted by molar-refractivity contribution is -0.122. The number of rotatable bonds is 20. The molecule has 2 aliphatic rings. The second-order valence-electron chi connectivity index (χ2n) is 11.8. The van der Waals surface area contributed by atoms with Gasteiger partial charge in [0, 0.05) is 18.0 Å². The van der Waals surface area contributed by atoms with Crippen LogP contribution in [0.25, 0.3) is 12.2 Å². The number of benzene rings is 1. The van der Waals surface area contributed by atoms with Crippen molar-refractivity contribution in [2.45, 2.75) is 69.6 Å². The molecule has 0 aromatic heterocycles. The van der Waals surface area contributed by atoms with Crippen molar-refractivity contribution in [1.82, 2.24) is 14.8 Å². The van der Waals surface area contributed by atoms with Crippen LogP contribution in [0.15, 0.2) is 82.8 Å². The minimum absolute atomic E-state index is 0.105. The lowest BCUT2D eigenvalue weighted by Crippen LogP contribution is -2.45. The van der Waals surface area contributed by atoms with E-state index in [-0.39, 0.29) is 31.1 Å². The number of carbonyl (C=O) groups is 3. The smallest absolute Gasteiger partial charge is 0.341 e. The first-order valence-electron chi connectivity index (χ1n) is 16.9. The molecule has 1 fully saturated rings. The highest BCUT2D eigenvalue weighted by atomic mass is 35.5. The number of terminal acetylenes is 1. The number of hydrogen-bond donors (Lipinski definition) is 3. The van der Waals surface area contributed by atoms with Gasteiger partial charge in [-0.05, 0) is 86.1 Å². The molecule has 4 atom stereocenters. The molecule has 1 aromatic rings. The molecule has 1 heterocycles. The maximum atomic E-state index is 13.5. The molecular weight excluding hydrogens is 722 g/mol. The van der Waals surface area contributed by atoms with Crippen LogP contribution in [-0.2, 0) is 36.3 Å². The third kappa shape index (κ3) is 13.7. The topological polar surface area (TPSA) is 140 Å². The minimum atomic E-state index is -1.77. The summed E-state index contributed by atoms with van der Waals surface area (Å²) in [6, 6.07) is 2.73. The molecule has 52 heavy (non-hydrogen) atoms. The molecule has 0 spiro atoms. The van der Waals surface area contributed by atoms with Gasteiger partial charge in [-0.15, -0.1) is 6.42 Å². The lowest BCUT2D eigenvalue weighted by atomic mass is 10.0. The van der Waals surface area contributed by atoms with E-state index in [1.165, 1.54) is 19.3 Å². The van der Waals surface area contributed by atoms with Gasteiger partial charge >= 0.3 is 5.97 Å². The number of fused-ring (bicyclic) bond motifs is 1. The Hall–Kier alpha value is -4.28. The van der Waals surface area contributed by atoms with E-state index in [1.54, 1.807) is 37.3 Å². The molecule has 0 radical (unpaired) electrons. The number of allylic oxidation sites excluding steroid dienone is 9. The molecule has 3 N–H and O–H groups in total. The van der Waals surface area contributed by atoms with E-state index in [0.717, 1.165) is 36.8 Å². The van der Waals surface area contributed by atoms with E-state index >= 15 is 0 Å². The molecule has 1 saturated heterocycles. The predicted molar refractivity (Wildman–Crippen MR) is 210 cm³/mol. The molecule has 0 bridgehead atoms. The lowest BCUT2D eigenvalue weighted by Gasteiger charge is -2.19. The van der Waals surface area contributed by atoms with E-state index in [2.05, 4.69) is 27.3 Å². The Morgan fingerprint density at radius 3 is 2.60 bits per heavy atom. The summed E-state index contributed by atoms with van der Waals surface area (Å²) in [5, 5.41) is 2.84. The summed E-state index contributed by atoms with van der Waals surface area (Å²) in [4.78, 5) is 38.0. The molecule has 1 aliphatic carbocycles. The van der Waals surface area contributed by atoms with Crippen LogP contribution < -0.4 is 19.5 Å². The van der Waals surface area contributed by atoms with Gasteiger partial charge in [-0.2, -0.15) is 0 Å². The maximum Gasteiger partial charge on any atom is 0.341 e. The van der Waals surface area contributed by atoms with Crippen molar-refractivity contribution >= 4 is 63.5 Å². The molecular formula is C39H46ClN3O7S2. The first-order chi connectivity index (χ1) is 25.1. The molecule has 2 amide bonds. The van der Waals surface area contributed by atoms with Crippen LogP contribution in [0.3, 0.4) is 0 Å². The van der Waals surface area contributed by atoms with Crippen molar-refractivity contribution < 1.29 is 32.3 Å². The molecule has 4 unspecified atom stereocenters. The van der Waals surface area contributed by atoms with Crippen molar-refractivity contribution in [1.29, 1.82) is 0 Å². The zero-order valence-electron chi connectivity index (χ0n) is 29.5. The third-order valence-corrected chi connectivity index (χ3v) is 10.9. The van der Waals surface area contributed by atoms with E-state index in [0.29, 0.717) is 46.4 Å². The van der Waals surface area contributed by atoms with E-state index in [9.17, 15) is 22.8 Å². The number of hydrogen-bond acceptors (Lipinski definition) is 7. The zero-order chi connectivity index (χ0) is 37.9. The molecule has 3 rings (SSSR count). The Labute approximate surface area is 316 Å². The standard InChI is InChI=1S/C39H46ClN3O7S2/c1-5-8-19-32(7-3)51(47)42-35(23-28(16-6-2)22-31(40)26-33-27-37(44)43-52(33)48)38(45)41-20-14-9-10-15-21-50-36-25-30-18-13-11-12-17-29(30)24-34(36)39(46)49-4/h1,6-8,12-13,16-19,22,24-25,33,35,42H,2,9-11,14-15,20-21,23,26-27H2,3-4H3,(H,41,45)(H,43,44)/b19-8-,28-16+,31-22+,32-7+. The fourth-order valence-corrected chi connectivity index (χ4v) is 7.86. The van der Waals surface area contributed by atoms with Crippen molar-refractivity contribution in [3.8, 4) is 18.1 Å². The summed E-state index contributed by atoms with van der Waals surface area (Å²) < 4.78 is 41.7. The molecule has 10 nitrogen and oxygen atoms in total. The molecule has 1 aromatic carbocycles. The average molecular weight is 768 g/mol. The number of halogens is 1. The minimum Gasteiger partial charge on any atom is -0.493 e. The summed E-state index contributed by atoms with van der Waals surface area (Å²) >= 11 is 6.51. The summed E-state index contributed by atoms with van der Waals surface area (Å²) in [5.41, 5.74) is 2.90. The van der Waals surface area contributed by atoms with Gasteiger partial charge in [0.2, 0.25) is 11.8 Å². The number of carbonyl (C=O) groups excluding carboxylic acids is 3. The quantitative estimate of drug-likeness (QED) is 0.0618. The van der Waals surface area contributed by atoms with Crippen LogP contribution in [0.1, 0.15) is 79.8 Å². The van der Waals surface area contributed by atoms with Gasteiger partial charge in [0.05, 0.1) is 23.9 Å². The Morgan fingerprint density at radius 1 is 1.21 bits per heavy atom. The van der Waals surface area contributed by atoms with Gasteiger partial charge < -0.3 is 14.8 Å². The third-order valence-electron chi connectivity index (χ3n) is 7.96. The first-order valence-corrected chi connectivity index (χ1v) is 19.7. The van der Waals surface area contributed by atoms with E-state index < -0.39 is 39.2 Å². The normalized spacial score (nSPS) is 18.6. The molecule has 13 heteroatoms. The SMILES string of the molecule is C#C/C=C\C(=C/C)S(=O)NC(CC(=C/C=C)/C=C(/Cl)CC1CC(=O)NS1=O)C(=O)NCCCCCCOc1cc2c(cc1C(=O)OC)C=CCC=C2. The van der Waals surface area contributed by atoms with Gasteiger partial charge in [-0.25, -0.2) is 17.9 Å². The van der Waals surface area contributed by atoms with Gasteiger partial charge in [0.15, 0.2) is 0 Å². The van der Waals surface area contributed by atoms with E-state index in [4.69, 9.17) is 27.5 Å². The van der Waals surface area contributed by atoms with Crippen LogP contribution in [0.4, 0.5) is 0 Å². The highest BCUT2D eigenvalue weighted by Gasteiger charge is 2.30. The highest BCUT2D eigenvalue weighted by molar-refractivity contribution is 7.87. The highest BCUT2D eigenvalue weighted by Crippen LogP contribution is 2.29. The zero-order valence-corrected chi connectivity index (χ0v) is 31.9. The number of amides is 2. The van der Waals surface area contributed by atoms with Gasteiger partial charge in [-0.3, -0.25) is 14.3 Å². The number of esters is 1. The summed E-state index contributed by atoms with van der Waals surface area (Å²) in [7, 11) is -1.94. The number of nitrogens with one attached hydrogen (secondary N) is 3. The Morgan fingerprint density at radius 2 is 1.94 bits per heavy atom. The monoisotopic (exact) mass is 767 g/mol.